The number of rotatable bonds is 4. The van der Waals surface area contributed by atoms with Crippen LogP contribution in [0.25, 0.3) is 0 Å². The zero-order valence-electron chi connectivity index (χ0n) is 17.2. The van der Waals surface area contributed by atoms with Crippen molar-refractivity contribution >= 4 is 17.8 Å². The molecule has 2 saturated heterocycles. The Kier molecular flexibility index (Phi) is 5.80. The topological polar surface area (TPSA) is 66.9 Å². The number of amides is 2. The predicted octanol–water partition coefficient (Wildman–Crippen LogP) is 2.47. The van der Waals surface area contributed by atoms with Crippen molar-refractivity contribution in [3.05, 3.63) is 0 Å². The molecule has 0 aromatic heterocycles. The fourth-order valence-electron chi connectivity index (χ4n) is 4.32. The summed E-state index contributed by atoms with van der Waals surface area (Å²) in [6.45, 7) is 8.96. The minimum Gasteiger partial charge on any atom is -0.468 e. The number of ether oxygens (including phenoxy) is 1. The number of esters is 1. The molecule has 0 radical (unpaired) electrons. The van der Waals surface area contributed by atoms with Crippen molar-refractivity contribution in [3.8, 4) is 0 Å². The molecule has 3 rings (SSSR count). The van der Waals surface area contributed by atoms with Gasteiger partial charge in [-0.2, -0.15) is 13.2 Å². The molecule has 2 bridgehead atoms. The smallest absolute Gasteiger partial charge is 0.468 e. The Labute approximate surface area is 163 Å². The number of fused-ring (bicyclic) bond motifs is 2. The van der Waals surface area contributed by atoms with E-state index in [-0.39, 0.29) is 17.3 Å². The van der Waals surface area contributed by atoms with E-state index < -0.39 is 42.0 Å². The molecule has 0 spiro atoms. The van der Waals surface area contributed by atoms with Gasteiger partial charge in [0.25, 0.3) is 0 Å². The average Bonchev–Trinajstić information content (AvgIpc) is 2.58. The van der Waals surface area contributed by atoms with Gasteiger partial charge >= 0.3 is 18.1 Å². The van der Waals surface area contributed by atoms with Crippen LogP contribution in [-0.4, -0.2) is 66.5 Å². The van der Waals surface area contributed by atoms with Crippen molar-refractivity contribution < 1.29 is 32.3 Å². The van der Waals surface area contributed by atoms with E-state index in [1.54, 1.807) is 25.7 Å². The lowest BCUT2D eigenvalue weighted by Crippen LogP contribution is -2.66. The Balaban J connectivity index is 2.35. The van der Waals surface area contributed by atoms with Crippen LogP contribution in [0.1, 0.15) is 41.0 Å². The molecule has 6 nitrogen and oxygen atoms in total. The summed E-state index contributed by atoms with van der Waals surface area (Å²) in [7, 11) is 1.02. The maximum atomic E-state index is 13.3. The normalized spacial score (nSPS) is 24.8. The number of carbonyl (C=O) groups is 3. The second-order valence-corrected chi connectivity index (χ2v) is 9.47. The SMILES string of the molecule is COC(=O)CN(C(=O)C(F)(F)F)[C@H](C(=O)N1C[C@H]2C[C@@H](C1)C2(C)C)C(C)(C)C. The first-order chi connectivity index (χ1) is 12.6. The Morgan fingerprint density at radius 2 is 1.64 bits per heavy atom. The summed E-state index contributed by atoms with van der Waals surface area (Å²) in [5, 5.41) is 0. The monoisotopic (exact) mass is 406 g/mol. The summed E-state index contributed by atoms with van der Waals surface area (Å²) >= 11 is 0. The minimum atomic E-state index is -5.20. The third-order valence-corrected chi connectivity index (χ3v) is 6.26. The van der Waals surface area contributed by atoms with Crippen molar-refractivity contribution in [1.82, 2.24) is 9.80 Å². The number of methoxy groups -OCH3 is 1. The minimum absolute atomic E-state index is 0.0987. The van der Waals surface area contributed by atoms with Gasteiger partial charge in [0.2, 0.25) is 5.91 Å². The first-order valence-electron chi connectivity index (χ1n) is 9.34. The number of alkyl halides is 3. The predicted molar refractivity (Wildman–Crippen MR) is 95.0 cm³/mol. The molecule has 3 aliphatic rings. The highest BCUT2D eigenvalue weighted by Gasteiger charge is 2.56. The Bertz CT molecular complexity index is 641. The molecular formula is C19H29F3N2O4. The zero-order valence-corrected chi connectivity index (χ0v) is 17.2. The molecule has 0 unspecified atom stereocenters. The van der Waals surface area contributed by atoms with Gasteiger partial charge in [-0.15, -0.1) is 0 Å². The van der Waals surface area contributed by atoms with Crippen LogP contribution in [0, 0.1) is 22.7 Å². The van der Waals surface area contributed by atoms with E-state index in [1.165, 1.54) is 0 Å². The molecule has 0 aromatic rings. The number of nitrogens with zero attached hydrogens (tertiary/aromatic N) is 2. The first kappa shape index (κ1) is 22.5. The third-order valence-electron chi connectivity index (χ3n) is 6.26. The van der Waals surface area contributed by atoms with Crippen LogP contribution in [0.4, 0.5) is 13.2 Å². The highest BCUT2D eigenvalue weighted by atomic mass is 19.4. The number of carbonyl (C=O) groups excluding carboxylic acids is 3. The van der Waals surface area contributed by atoms with Crippen LogP contribution in [0.15, 0.2) is 0 Å². The highest BCUT2D eigenvalue weighted by Crippen LogP contribution is 2.55. The lowest BCUT2D eigenvalue weighted by molar-refractivity contribution is -0.194. The van der Waals surface area contributed by atoms with Gasteiger partial charge in [-0.3, -0.25) is 14.4 Å². The summed E-state index contributed by atoms with van der Waals surface area (Å²) in [5.74, 6) is -3.22. The Morgan fingerprint density at radius 1 is 1.14 bits per heavy atom. The van der Waals surface area contributed by atoms with E-state index in [0.29, 0.717) is 18.0 Å². The second-order valence-electron chi connectivity index (χ2n) is 9.47. The van der Waals surface area contributed by atoms with Gasteiger partial charge in [-0.25, -0.2) is 0 Å². The number of halogens is 3. The van der Waals surface area contributed by atoms with E-state index in [0.717, 1.165) is 13.5 Å². The lowest BCUT2D eigenvalue weighted by atomic mass is 9.52. The molecule has 0 aromatic carbocycles. The van der Waals surface area contributed by atoms with Crippen molar-refractivity contribution in [2.24, 2.45) is 22.7 Å². The summed E-state index contributed by atoms with van der Waals surface area (Å²) < 4.78 is 44.1. The zero-order chi connectivity index (χ0) is 21.7. The Hall–Kier alpha value is -1.80. The van der Waals surface area contributed by atoms with E-state index in [4.69, 9.17) is 0 Å². The number of hydrogen-bond donors (Lipinski definition) is 0. The maximum Gasteiger partial charge on any atom is 0.471 e. The molecule has 2 heterocycles. The van der Waals surface area contributed by atoms with Gasteiger partial charge < -0.3 is 14.5 Å². The molecule has 28 heavy (non-hydrogen) atoms. The van der Waals surface area contributed by atoms with Gasteiger partial charge in [-0.05, 0) is 29.1 Å². The van der Waals surface area contributed by atoms with Crippen molar-refractivity contribution in [1.29, 1.82) is 0 Å². The summed E-state index contributed by atoms with van der Waals surface area (Å²) in [5.41, 5.74) is -0.912. The van der Waals surface area contributed by atoms with Crippen LogP contribution in [0.3, 0.4) is 0 Å². The third kappa shape index (κ3) is 4.12. The largest absolute Gasteiger partial charge is 0.471 e. The summed E-state index contributed by atoms with van der Waals surface area (Å²) in [6.07, 6.45) is -4.21. The lowest BCUT2D eigenvalue weighted by Gasteiger charge is -2.60. The maximum absolute atomic E-state index is 13.3. The standard InChI is InChI=1S/C19H29F3N2O4/c1-17(2,3)14(24(10-13(25)28-6)16(27)19(20,21)22)15(26)23-8-11-7-12(9-23)18(11,4)5/h11-12,14H,7-10H2,1-6H3/t11-,12+,14-/m1/s1. The van der Waals surface area contributed by atoms with E-state index >= 15 is 0 Å². The van der Waals surface area contributed by atoms with Gasteiger partial charge in [0.1, 0.15) is 12.6 Å². The quantitative estimate of drug-likeness (QED) is 0.673. The van der Waals surface area contributed by atoms with Crippen LogP contribution in [-0.2, 0) is 19.1 Å². The molecule has 1 saturated carbocycles. The number of piperidine rings is 2. The number of hydrogen-bond acceptors (Lipinski definition) is 4. The van der Waals surface area contributed by atoms with Crippen LogP contribution >= 0.6 is 0 Å². The second kappa shape index (κ2) is 7.22. The molecule has 3 fully saturated rings. The molecule has 2 aliphatic heterocycles. The molecule has 2 amide bonds. The van der Waals surface area contributed by atoms with Crippen molar-refractivity contribution in [2.75, 3.05) is 26.7 Å². The Morgan fingerprint density at radius 3 is 2.00 bits per heavy atom. The van der Waals surface area contributed by atoms with Gasteiger partial charge in [0.15, 0.2) is 0 Å². The van der Waals surface area contributed by atoms with Crippen LogP contribution in [0.2, 0.25) is 0 Å². The van der Waals surface area contributed by atoms with Crippen molar-refractivity contribution in [2.45, 2.75) is 53.3 Å². The summed E-state index contributed by atoms with van der Waals surface area (Å²) in [4.78, 5) is 39.0. The summed E-state index contributed by atoms with van der Waals surface area (Å²) in [6, 6.07) is -1.43. The van der Waals surface area contributed by atoms with Crippen LogP contribution in [0.5, 0.6) is 0 Å². The van der Waals surface area contributed by atoms with Gasteiger partial charge in [0.05, 0.1) is 7.11 Å². The molecular weight excluding hydrogens is 377 g/mol. The molecule has 0 N–H and O–H groups in total. The van der Waals surface area contributed by atoms with E-state index in [9.17, 15) is 27.6 Å². The van der Waals surface area contributed by atoms with E-state index in [2.05, 4.69) is 18.6 Å². The molecule has 3 atom stereocenters. The van der Waals surface area contributed by atoms with E-state index in [1.807, 2.05) is 0 Å². The van der Waals surface area contributed by atoms with Crippen molar-refractivity contribution in [3.63, 3.8) is 0 Å². The average molecular weight is 406 g/mol. The first-order valence-corrected chi connectivity index (χ1v) is 9.34. The highest BCUT2D eigenvalue weighted by molar-refractivity contribution is 5.92. The molecule has 9 heteroatoms. The van der Waals surface area contributed by atoms with Gasteiger partial charge in [0, 0.05) is 13.1 Å². The van der Waals surface area contributed by atoms with Gasteiger partial charge in [-0.1, -0.05) is 34.6 Å². The molecule has 160 valence electrons. The fourth-order valence-corrected chi connectivity index (χ4v) is 4.32. The molecule has 1 aliphatic carbocycles. The van der Waals surface area contributed by atoms with Crippen LogP contribution < -0.4 is 0 Å². The fraction of sp³-hybridized carbons (Fsp3) is 0.842.